The summed E-state index contributed by atoms with van der Waals surface area (Å²) >= 11 is 2.64. The molecule has 3 aliphatic rings. The van der Waals surface area contributed by atoms with Crippen LogP contribution < -0.4 is 0 Å². The highest BCUT2D eigenvalue weighted by Gasteiger charge is 2.50. The van der Waals surface area contributed by atoms with Crippen LogP contribution in [0.1, 0.15) is 72.6 Å². The predicted octanol–water partition coefficient (Wildman–Crippen LogP) is 5.67. The van der Waals surface area contributed by atoms with Crippen LogP contribution in [0.3, 0.4) is 0 Å². The van der Waals surface area contributed by atoms with Gasteiger partial charge in [0.25, 0.3) is 0 Å². The number of hydrogen-bond acceptors (Lipinski definition) is 2. The average Bonchev–Trinajstić information content (AvgIpc) is 2.90. The summed E-state index contributed by atoms with van der Waals surface area (Å²) in [5.74, 6) is 2.13. The maximum absolute atomic E-state index is 10.3. The molecular formula is C23H37IO2. The number of rotatable bonds is 2. The van der Waals surface area contributed by atoms with Crippen LogP contribution in [0.15, 0.2) is 23.3 Å². The summed E-state index contributed by atoms with van der Waals surface area (Å²) in [6.07, 6.45) is 11.8. The summed E-state index contributed by atoms with van der Waals surface area (Å²) in [7, 11) is 0. The van der Waals surface area contributed by atoms with E-state index in [1.54, 1.807) is 5.57 Å². The van der Waals surface area contributed by atoms with Gasteiger partial charge in [-0.2, -0.15) is 0 Å². The maximum Gasteiger partial charge on any atom is 0.0602 e. The van der Waals surface area contributed by atoms with Gasteiger partial charge in [0.2, 0.25) is 0 Å². The molecule has 3 fully saturated rings. The Kier molecular flexibility index (Phi) is 6.61. The maximum atomic E-state index is 10.3. The lowest BCUT2D eigenvalue weighted by atomic mass is 9.63. The molecular weight excluding hydrogens is 435 g/mol. The molecule has 8 atom stereocenters. The summed E-state index contributed by atoms with van der Waals surface area (Å²) in [6, 6.07) is 0. The van der Waals surface area contributed by atoms with Gasteiger partial charge < -0.3 is 10.2 Å². The fraction of sp³-hybridized carbons (Fsp3) is 0.826. The van der Waals surface area contributed by atoms with Gasteiger partial charge in [0.15, 0.2) is 0 Å². The van der Waals surface area contributed by atoms with Crippen molar-refractivity contribution in [2.24, 2.45) is 29.1 Å². The molecule has 0 aromatic carbocycles. The Balaban J connectivity index is 1.84. The topological polar surface area (TPSA) is 40.5 Å². The third-order valence-corrected chi connectivity index (χ3v) is 8.94. The lowest BCUT2D eigenvalue weighted by Crippen LogP contribution is -2.36. The van der Waals surface area contributed by atoms with Gasteiger partial charge in [0.05, 0.1) is 12.2 Å². The molecule has 2 unspecified atom stereocenters. The summed E-state index contributed by atoms with van der Waals surface area (Å²) in [6.45, 7) is 9.27. The van der Waals surface area contributed by atoms with Crippen molar-refractivity contribution >= 4 is 22.6 Å². The first-order valence-corrected chi connectivity index (χ1v) is 11.9. The molecule has 2 nitrogen and oxygen atoms in total. The number of aliphatic hydroxyl groups is 2. The fourth-order valence-corrected chi connectivity index (χ4v) is 7.35. The van der Waals surface area contributed by atoms with Crippen molar-refractivity contribution in [1.82, 2.24) is 0 Å². The largest absolute Gasteiger partial charge is 0.393 e. The number of allylic oxidation sites excluding steroid dienone is 3. The number of hydrogen-bond donors (Lipinski definition) is 2. The third-order valence-electron chi connectivity index (χ3n) is 8.07. The highest BCUT2D eigenvalue weighted by atomic mass is 127. The highest BCUT2D eigenvalue weighted by molar-refractivity contribution is 14.1. The molecule has 3 aliphatic carbocycles. The number of alkyl halides is 1. The SMILES string of the molecule is CC1/C(=C\C=C2/CCC[C@]3(C)[C@@H]([C@@H](C)I)CC[C@@H]23)C[C@@H](O)C[C@H](O)C1C. The van der Waals surface area contributed by atoms with E-state index in [-0.39, 0.29) is 5.92 Å². The van der Waals surface area contributed by atoms with Crippen LogP contribution in [-0.2, 0) is 0 Å². The predicted molar refractivity (Wildman–Crippen MR) is 117 cm³/mol. The normalized spacial score (nSPS) is 48.4. The molecule has 0 heterocycles. The van der Waals surface area contributed by atoms with E-state index in [0.29, 0.717) is 24.2 Å². The molecule has 0 aliphatic heterocycles. The van der Waals surface area contributed by atoms with Crippen molar-refractivity contribution < 1.29 is 10.2 Å². The van der Waals surface area contributed by atoms with Crippen LogP contribution in [0.25, 0.3) is 0 Å². The Morgan fingerprint density at radius 3 is 2.54 bits per heavy atom. The first kappa shape index (κ1) is 20.9. The zero-order chi connectivity index (χ0) is 19.1. The fourth-order valence-electron chi connectivity index (χ4n) is 6.17. The Hall–Kier alpha value is 0.130. The summed E-state index contributed by atoms with van der Waals surface area (Å²) in [4.78, 5) is 0. The molecule has 3 rings (SSSR count). The molecule has 0 aromatic rings. The Bertz CT molecular complexity index is 567. The van der Waals surface area contributed by atoms with Gasteiger partial charge in [-0.05, 0) is 74.0 Å². The van der Waals surface area contributed by atoms with E-state index in [9.17, 15) is 10.2 Å². The monoisotopic (exact) mass is 472 g/mol. The van der Waals surface area contributed by atoms with E-state index in [1.807, 2.05) is 0 Å². The van der Waals surface area contributed by atoms with Gasteiger partial charge in [-0.15, -0.1) is 0 Å². The van der Waals surface area contributed by atoms with Crippen LogP contribution in [0.4, 0.5) is 0 Å². The van der Waals surface area contributed by atoms with Crippen molar-refractivity contribution in [1.29, 1.82) is 0 Å². The average molecular weight is 472 g/mol. The second-order valence-electron chi connectivity index (χ2n) is 9.57. The Morgan fingerprint density at radius 1 is 1.15 bits per heavy atom. The lowest BCUT2D eigenvalue weighted by molar-refractivity contribution is 0.0530. The molecule has 0 radical (unpaired) electrons. The summed E-state index contributed by atoms with van der Waals surface area (Å²) in [5, 5.41) is 20.5. The van der Waals surface area contributed by atoms with Crippen LogP contribution in [0.5, 0.6) is 0 Å². The number of fused-ring (bicyclic) bond motifs is 1. The minimum Gasteiger partial charge on any atom is -0.393 e. The number of halogens is 1. The third kappa shape index (κ3) is 3.96. The van der Waals surface area contributed by atoms with Gasteiger partial charge in [0.1, 0.15) is 0 Å². The molecule has 3 heteroatoms. The smallest absolute Gasteiger partial charge is 0.0602 e. The van der Waals surface area contributed by atoms with Crippen LogP contribution >= 0.6 is 22.6 Å². The molecule has 0 spiro atoms. The van der Waals surface area contributed by atoms with E-state index in [2.05, 4.69) is 62.4 Å². The van der Waals surface area contributed by atoms with Crippen molar-refractivity contribution in [3.63, 3.8) is 0 Å². The van der Waals surface area contributed by atoms with Crippen LogP contribution in [0.2, 0.25) is 0 Å². The first-order chi connectivity index (χ1) is 12.2. The second kappa shape index (κ2) is 8.24. The summed E-state index contributed by atoms with van der Waals surface area (Å²) in [5.41, 5.74) is 3.43. The highest BCUT2D eigenvalue weighted by Crippen LogP contribution is 2.59. The van der Waals surface area contributed by atoms with Gasteiger partial charge >= 0.3 is 0 Å². The van der Waals surface area contributed by atoms with Crippen LogP contribution in [0, 0.1) is 29.1 Å². The molecule has 148 valence electrons. The van der Waals surface area contributed by atoms with Gasteiger partial charge in [-0.3, -0.25) is 0 Å². The van der Waals surface area contributed by atoms with E-state index in [0.717, 1.165) is 15.8 Å². The molecule has 0 bridgehead atoms. The molecule has 2 N–H and O–H groups in total. The van der Waals surface area contributed by atoms with Crippen molar-refractivity contribution in [3.05, 3.63) is 23.3 Å². The lowest BCUT2D eigenvalue weighted by Gasteiger charge is -2.43. The van der Waals surface area contributed by atoms with Gasteiger partial charge in [-0.1, -0.05) is 73.6 Å². The molecule has 0 saturated heterocycles. The summed E-state index contributed by atoms with van der Waals surface area (Å²) < 4.78 is 0.750. The minimum atomic E-state index is -0.408. The minimum absolute atomic E-state index is 0.212. The second-order valence-corrected chi connectivity index (χ2v) is 11.5. The Labute approximate surface area is 173 Å². The Morgan fingerprint density at radius 2 is 1.85 bits per heavy atom. The van der Waals surface area contributed by atoms with Crippen molar-refractivity contribution in [2.75, 3.05) is 0 Å². The number of aliphatic hydroxyl groups excluding tert-OH is 2. The van der Waals surface area contributed by atoms with E-state index in [4.69, 9.17) is 0 Å². The van der Waals surface area contributed by atoms with Crippen molar-refractivity contribution in [2.45, 2.75) is 88.8 Å². The molecule has 0 amide bonds. The molecule has 3 saturated carbocycles. The molecule has 0 aromatic heterocycles. The standard InChI is InChI=1S/C23H37IO2/c1-14-15(2)22(26)13-19(25)12-18(14)8-7-17-6-5-11-23(4)20(16(3)24)9-10-21(17)23/h7-8,14-16,19-22,25-26H,5-6,9-13H2,1-4H3/b17-7+,18-8-/t14?,15?,16-,19-,20-,21+,22+,23-/m1/s1. The zero-order valence-electron chi connectivity index (χ0n) is 16.9. The van der Waals surface area contributed by atoms with Crippen molar-refractivity contribution in [3.8, 4) is 0 Å². The zero-order valence-corrected chi connectivity index (χ0v) is 19.1. The molecule has 26 heavy (non-hydrogen) atoms. The van der Waals surface area contributed by atoms with E-state index < -0.39 is 12.2 Å². The quantitative estimate of drug-likeness (QED) is 0.309. The van der Waals surface area contributed by atoms with Gasteiger partial charge in [0, 0.05) is 3.92 Å². The van der Waals surface area contributed by atoms with E-state index >= 15 is 0 Å². The van der Waals surface area contributed by atoms with Gasteiger partial charge in [-0.25, -0.2) is 0 Å². The van der Waals surface area contributed by atoms with Crippen LogP contribution in [-0.4, -0.2) is 26.3 Å². The van der Waals surface area contributed by atoms with E-state index in [1.165, 1.54) is 37.7 Å². The first-order valence-electron chi connectivity index (χ1n) is 10.6.